The van der Waals surface area contributed by atoms with E-state index in [1.54, 1.807) is 6.92 Å². The van der Waals surface area contributed by atoms with Crippen molar-refractivity contribution in [3.63, 3.8) is 0 Å². The number of carbonyl (C=O) groups is 3. The molecule has 0 aromatic carbocycles. The number of hydrogen-bond acceptors (Lipinski definition) is 6. The zero-order valence-electron chi connectivity index (χ0n) is 12.5. The highest BCUT2D eigenvalue weighted by molar-refractivity contribution is 5.82. The lowest BCUT2D eigenvalue weighted by molar-refractivity contribution is -0.151. The summed E-state index contributed by atoms with van der Waals surface area (Å²) in [5, 5.41) is 0. The first-order valence-electron chi connectivity index (χ1n) is 6.32. The lowest BCUT2D eigenvalue weighted by Crippen LogP contribution is -2.20. The summed E-state index contributed by atoms with van der Waals surface area (Å²) in [6.07, 6.45) is 3.64. The maximum absolute atomic E-state index is 10.6. The fraction of sp³-hybridized carbons (Fsp3) is 0.400. The summed E-state index contributed by atoms with van der Waals surface area (Å²) in [7, 11) is 0. The van der Waals surface area contributed by atoms with Crippen LogP contribution in [0, 0.1) is 0 Å². The SMILES string of the molecule is C=CC(=O)OCC(C)OC(=O)C=C.C=CC(=O)OCCC. The van der Waals surface area contributed by atoms with Gasteiger partial charge in [0, 0.05) is 18.2 Å². The Morgan fingerprint density at radius 3 is 1.86 bits per heavy atom. The summed E-state index contributed by atoms with van der Waals surface area (Å²) >= 11 is 0. The topological polar surface area (TPSA) is 78.9 Å². The van der Waals surface area contributed by atoms with Crippen molar-refractivity contribution in [2.75, 3.05) is 13.2 Å². The van der Waals surface area contributed by atoms with Crippen LogP contribution in [0.15, 0.2) is 38.0 Å². The molecule has 0 aliphatic carbocycles. The van der Waals surface area contributed by atoms with Crippen LogP contribution in [-0.2, 0) is 28.6 Å². The lowest BCUT2D eigenvalue weighted by atomic mass is 10.4. The molecule has 0 radical (unpaired) electrons. The summed E-state index contributed by atoms with van der Waals surface area (Å²) in [6.45, 7) is 13.7. The van der Waals surface area contributed by atoms with Gasteiger partial charge in [0.2, 0.25) is 0 Å². The Kier molecular flexibility index (Phi) is 14.0. The standard InChI is InChI=1S/C9H12O4.C6H10O2/c1-4-8(10)12-6-7(3)13-9(11)5-2;1-3-5-8-6(7)4-2/h4-5,7H,1-2,6H2,3H3;4H,2-3,5H2,1H3. The van der Waals surface area contributed by atoms with Crippen LogP contribution in [0.3, 0.4) is 0 Å². The average Bonchev–Trinajstić information content (AvgIpc) is 2.50. The molecule has 0 bridgehead atoms. The van der Waals surface area contributed by atoms with Crippen LogP contribution < -0.4 is 0 Å². The Balaban J connectivity index is 0. The van der Waals surface area contributed by atoms with Crippen LogP contribution in [0.1, 0.15) is 20.3 Å². The number of ether oxygens (including phenoxy) is 3. The molecule has 118 valence electrons. The van der Waals surface area contributed by atoms with Crippen LogP contribution in [-0.4, -0.2) is 37.2 Å². The number of esters is 3. The van der Waals surface area contributed by atoms with E-state index in [0.717, 1.165) is 24.6 Å². The van der Waals surface area contributed by atoms with Crippen LogP contribution in [0.4, 0.5) is 0 Å². The summed E-state index contributed by atoms with van der Waals surface area (Å²) in [5.74, 6) is -1.42. The predicted molar refractivity (Wildman–Crippen MR) is 78.4 cm³/mol. The molecular formula is C15H22O6. The summed E-state index contributed by atoms with van der Waals surface area (Å²) < 4.78 is 13.9. The fourth-order valence-electron chi connectivity index (χ4n) is 0.800. The van der Waals surface area contributed by atoms with E-state index in [1.807, 2.05) is 6.92 Å². The molecule has 0 saturated carbocycles. The summed E-state index contributed by atoms with van der Waals surface area (Å²) in [6, 6.07) is 0. The Morgan fingerprint density at radius 1 is 0.952 bits per heavy atom. The molecule has 0 aliphatic heterocycles. The molecule has 21 heavy (non-hydrogen) atoms. The van der Waals surface area contributed by atoms with Crippen molar-refractivity contribution < 1.29 is 28.6 Å². The molecule has 1 atom stereocenters. The van der Waals surface area contributed by atoms with Crippen molar-refractivity contribution in [1.29, 1.82) is 0 Å². The van der Waals surface area contributed by atoms with E-state index in [4.69, 9.17) is 4.74 Å². The van der Waals surface area contributed by atoms with Crippen LogP contribution in [0.2, 0.25) is 0 Å². The van der Waals surface area contributed by atoms with Gasteiger partial charge in [0.25, 0.3) is 0 Å². The number of hydrogen-bond donors (Lipinski definition) is 0. The van der Waals surface area contributed by atoms with Gasteiger partial charge in [0.1, 0.15) is 12.7 Å². The second-order valence-electron chi connectivity index (χ2n) is 3.66. The molecule has 0 rings (SSSR count). The normalized spacial score (nSPS) is 10.0. The van der Waals surface area contributed by atoms with Crippen LogP contribution >= 0.6 is 0 Å². The molecule has 0 N–H and O–H groups in total. The molecule has 0 fully saturated rings. The Bertz CT molecular complexity index is 372. The van der Waals surface area contributed by atoms with Crippen molar-refractivity contribution >= 4 is 17.9 Å². The zero-order chi connectivity index (χ0) is 16.7. The molecule has 0 heterocycles. The smallest absolute Gasteiger partial charge is 0.330 e. The second kappa shape index (κ2) is 14.0. The zero-order valence-corrected chi connectivity index (χ0v) is 12.5. The van der Waals surface area contributed by atoms with Crippen molar-refractivity contribution in [1.82, 2.24) is 0 Å². The first-order valence-corrected chi connectivity index (χ1v) is 6.32. The van der Waals surface area contributed by atoms with Gasteiger partial charge in [-0.25, -0.2) is 14.4 Å². The van der Waals surface area contributed by atoms with Gasteiger partial charge in [-0.3, -0.25) is 0 Å². The van der Waals surface area contributed by atoms with Crippen LogP contribution in [0.5, 0.6) is 0 Å². The minimum atomic E-state index is -0.540. The van der Waals surface area contributed by atoms with Gasteiger partial charge in [0.15, 0.2) is 0 Å². The van der Waals surface area contributed by atoms with Gasteiger partial charge in [-0.1, -0.05) is 26.7 Å². The van der Waals surface area contributed by atoms with Gasteiger partial charge in [-0.2, -0.15) is 0 Å². The fourth-order valence-corrected chi connectivity index (χ4v) is 0.800. The van der Waals surface area contributed by atoms with Gasteiger partial charge in [-0.05, 0) is 13.3 Å². The van der Waals surface area contributed by atoms with Crippen LogP contribution in [0.25, 0.3) is 0 Å². The van der Waals surface area contributed by atoms with Gasteiger partial charge < -0.3 is 14.2 Å². The highest BCUT2D eigenvalue weighted by Gasteiger charge is 2.07. The monoisotopic (exact) mass is 298 g/mol. The second-order valence-corrected chi connectivity index (χ2v) is 3.66. The third kappa shape index (κ3) is 15.6. The number of carbonyl (C=O) groups excluding carboxylic acids is 3. The molecule has 0 aromatic rings. The molecule has 6 nitrogen and oxygen atoms in total. The first-order chi connectivity index (χ1) is 9.90. The highest BCUT2D eigenvalue weighted by atomic mass is 16.6. The van der Waals surface area contributed by atoms with Crippen molar-refractivity contribution in [2.24, 2.45) is 0 Å². The molecule has 0 saturated heterocycles. The number of rotatable bonds is 8. The average molecular weight is 298 g/mol. The molecule has 0 aliphatic rings. The molecule has 1 unspecified atom stereocenters. The minimum Gasteiger partial charge on any atom is -0.463 e. The molecule has 0 amide bonds. The molecule has 0 spiro atoms. The Hall–Kier alpha value is -2.37. The van der Waals surface area contributed by atoms with Crippen molar-refractivity contribution in [3.05, 3.63) is 38.0 Å². The van der Waals surface area contributed by atoms with Gasteiger partial charge in [0.05, 0.1) is 6.61 Å². The maximum Gasteiger partial charge on any atom is 0.330 e. The highest BCUT2D eigenvalue weighted by Crippen LogP contribution is 1.94. The van der Waals surface area contributed by atoms with Crippen molar-refractivity contribution in [3.8, 4) is 0 Å². The largest absolute Gasteiger partial charge is 0.463 e. The van der Waals surface area contributed by atoms with Crippen molar-refractivity contribution in [2.45, 2.75) is 26.4 Å². The Morgan fingerprint density at radius 2 is 1.43 bits per heavy atom. The van der Waals surface area contributed by atoms with E-state index < -0.39 is 18.0 Å². The quantitative estimate of drug-likeness (QED) is 0.387. The van der Waals surface area contributed by atoms with E-state index in [2.05, 4.69) is 29.2 Å². The summed E-state index contributed by atoms with van der Waals surface area (Å²) in [5.41, 5.74) is 0. The lowest BCUT2D eigenvalue weighted by Gasteiger charge is -2.10. The third-order valence-electron chi connectivity index (χ3n) is 1.73. The predicted octanol–water partition coefficient (Wildman–Crippen LogP) is 1.96. The third-order valence-corrected chi connectivity index (χ3v) is 1.73. The van der Waals surface area contributed by atoms with Gasteiger partial charge in [-0.15, -0.1) is 0 Å². The van der Waals surface area contributed by atoms with E-state index in [9.17, 15) is 14.4 Å². The summed E-state index contributed by atoms with van der Waals surface area (Å²) in [4.78, 5) is 31.4. The molecular weight excluding hydrogens is 276 g/mol. The molecule has 6 heteroatoms. The van der Waals surface area contributed by atoms with E-state index >= 15 is 0 Å². The van der Waals surface area contributed by atoms with Gasteiger partial charge >= 0.3 is 17.9 Å². The Labute approximate surface area is 125 Å². The minimum absolute atomic E-state index is 0.0183. The maximum atomic E-state index is 10.6. The van der Waals surface area contributed by atoms with E-state index in [1.165, 1.54) is 0 Å². The van der Waals surface area contributed by atoms with E-state index in [0.29, 0.717) is 6.61 Å². The first kappa shape index (κ1) is 20.9. The molecule has 0 aromatic heterocycles. The van der Waals surface area contributed by atoms with E-state index in [-0.39, 0.29) is 12.6 Å².